The van der Waals surface area contributed by atoms with Gasteiger partial charge in [-0.15, -0.1) is 0 Å². The van der Waals surface area contributed by atoms with Crippen LogP contribution in [-0.2, 0) is 0 Å². The summed E-state index contributed by atoms with van der Waals surface area (Å²) in [5.74, 6) is 0. The summed E-state index contributed by atoms with van der Waals surface area (Å²) >= 11 is 11.9. The Balaban J connectivity index is 2.68. The second kappa shape index (κ2) is 4.03. The fourth-order valence-electron chi connectivity index (χ4n) is 1.67. The molecule has 0 spiro atoms. The second-order valence-electron chi connectivity index (χ2n) is 3.65. The lowest BCUT2D eigenvalue weighted by Crippen LogP contribution is -2.01. The molecule has 0 unspecified atom stereocenters. The van der Waals surface area contributed by atoms with Gasteiger partial charge in [0.05, 0.1) is 5.52 Å². The van der Waals surface area contributed by atoms with Crippen LogP contribution in [0, 0.1) is 0 Å². The van der Waals surface area contributed by atoms with Crippen LogP contribution in [0.25, 0.3) is 10.9 Å². The summed E-state index contributed by atoms with van der Waals surface area (Å²) < 4.78 is 2.18. The molecule has 0 radical (unpaired) electrons. The average molecular weight is 243 g/mol. The quantitative estimate of drug-likeness (QED) is 0.718. The van der Waals surface area contributed by atoms with E-state index >= 15 is 0 Å². The Bertz CT molecular complexity index is 491. The zero-order valence-electron chi connectivity index (χ0n) is 8.67. The van der Waals surface area contributed by atoms with Crippen molar-refractivity contribution in [1.82, 2.24) is 9.55 Å². The van der Waals surface area contributed by atoms with E-state index in [2.05, 4.69) is 23.4 Å². The molecule has 80 valence electrons. The van der Waals surface area contributed by atoms with Crippen LogP contribution in [0.4, 0.5) is 0 Å². The largest absolute Gasteiger partial charge is 0.345 e. The molecular weight excluding hydrogens is 231 g/mol. The predicted molar refractivity (Wildman–Crippen MR) is 64.8 cm³/mol. The van der Waals surface area contributed by atoms with Gasteiger partial charge >= 0.3 is 0 Å². The number of halogens is 2. The van der Waals surface area contributed by atoms with Gasteiger partial charge in [-0.05, 0) is 25.5 Å². The highest BCUT2D eigenvalue weighted by molar-refractivity contribution is 6.36. The van der Waals surface area contributed by atoms with Crippen LogP contribution < -0.4 is 0 Å². The van der Waals surface area contributed by atoms with Crippen molar-refractivity contribution in [3.8, 4) is 0 Å². The van der Waals surface area contributed by atoms with E-state index in [1.807, 2.05) is 18.3 Å². The van der Waals surface area contributed by atoms with Gasteiger partial charge in [0.25, 0.3) is 0 Å². The first-order valence-corrected chi connectivity index (χ1v) is 5.71. The van der Waals surface area contributed by atoms with Gasteiger partial charge in [0.15, 0.2) is 0 Å². The summed E-state index contributed by atoms with van der Waals surface area (Å²) in [5.41, 5.74) is 1.05. The molecule has 0 aliphatic carbocycles. The number of nitrogens with zero attached hydrogens (tertiary/aromatic N) is 2. The summed E-state index contributed by atoms with van der Waals surface area (Å²) in [7, 11) is 0. The Morgan fingerprint density at radius 1 is 1.47 bits per heavy atom. The van der Waals surface area contributed by atoms with E-state index in [9.17, 15) is 0 Å². The summed E-state index contributed by atoms with van der Waals surface area (Å²) in [6.45, 7) is 4.32. The van der Waals surface area contributed by atoms with Crippen molar-refractivity contribution in [3.05, 3.63) is 28.6 Å². The van der Waals surface area contributed by atoms with Gasteiger partial charge in [-0.1, -0.05) is 30.1 Å². The summed E-state index contributed by atoms with van der Waals surface area (Å²) in [5, 5.41) is 1.87. The lowest BCUT2D eigenvalue weighted by atomic mass is 10.2. The Labute approximate surface area is 98.8 Å². The van der Waals surface area contributed by atoms with Crippen molar-refractivity contribution >= 4 is 34.1 Å². The van der Waals surface area contributed by atoms with Gasteiger partial charge in [0.1, 0.15) is 10.3 Å². The maximum absolute atomic E-state index is 6.01. The van der Waals surface area contributed by atoms with Gasteiger partial charge in [-0.2, -0.15) is 0 Å². The molecule has 15 heavy (non-hydrogen) atoms. The Morgan fingerprint density at radius 3 is 2.87 bits per heavy atom. The highest BCUT2D eigenvalue weighted by Gasteiger charge is 2.10. The molecular formula is C11H12Cl2N2. The van der Waals surface area contributed by atoms with Crippen LogP contribution in [0.15, 0.2) is 18.3 Å². The molecule has 2 aromatic rings. The molecule has 0 N–H and O–H groups in total. The van der Waals surface area contributed by atoms with E-state index in [-0.39, 0.29) is 0 Å². The zero-order chi connectivity index (χ0) is 11.0. The molecule has 0 saturated heterocycles. The third-order valence-electron chi connectivity index (χ3n) is 2.70. The van der Waals surface area contributed by atoms with Crippen LogP contribution in [0.1, 0.15) is 26.3 Å². The maximum Gasteiger partial charge on any atom is 0.140 e. The minimum Gasteiger partial charge on any atom is -0.345 e. The first-order chi connectivity index (χ1) is 7.13. The standard InChI is InChI=1S/C11H12Cl2N2/c1-3-7(2)15-5-4-8-9(15)6-10(12)14-11(8)13/h4-7H,3H2,1-2H3/t7-/m1/s1. The molecule has 2 heterocycles. The van der Waals surface area contributed by atoms with E-state index in [4.69, 9.17) is 23.2 Å². The summed E-state index contributed by atoms with van der Waals surface area (Å²) in [6, 6.07) is 4.28. The molecule has 0 aliphatic rings. The van der Waals surface area contributed by atoms with Crippen LogP contribution in [0.5, 0.6) is 0 Å². The van der Waals surface area contributed by atoms with Crippen LogP contribution >= 0.6 is 23.2 Å². The number of fused-ring (bicyclic) bond motifs is 1. The fraction of sp³-hybridized carbons (Fsp3) is 0.364. The van der Waals surface area contributed by atoms with Gasteiger partial charge in [-0.3, -0.25) is 0 Å². The van der Waals surface area contributed by atoms with Crippen molar-refractivity contribution in [2.45, 2.75) is 26.3 Å². The first-order valence-electron chi connectivity index (χ1n) is 4.96. The number of hydrogen-bond acceptors (Lipinski definition) is 1. The summed E-state index contributed by atoms with van der Waals surface area (Å²) in [4.78, 5) is 4.02. The molecule has 1 atom stereocenters. The summed E-state index contributed by atoms with van der Waals surface area (Å²) in [6.07, 6.45) is 3.10. The highest BCUT2D eigenvalue weighted by Crippen LogP contribution is 2.28. The molecule has 2 aromatic heterocycles. The van der Waals surface area contributed by atoms with E-state index in [0.29, 0.717) is 16.3 Å². The van der Waals surface area contributed by atoms with Crippen molar-refractivity contribution in [1.29, 1.82) is 0 Å². The number of rotatable bonds is 2. The molecule has 2 nitrogen and oxygen atoms in total. The fourth-order valence-corrected chi connectivity index (χ4v) is 2.15. The van der Waals surface area contributed by atoms with E-state index < -0.39 is 0 Å². The molecule has 0 aliphatic heterocycles. The molecule has 0 aromatic carbocycles. The Kier molecular flexibility index (Phi) is 2.89. The Hall–Kier alpha value is -0.730. The predicted octanol–water partition coefficient (Wildman–Crippen LogP) is 4.31. The highest BCUT2D eigenvalue weighted by atomic mass is 35.5. The van der Waals surface area contributed by atoms with Gasteiger partial charge in [0, 0.05) is 17.6 Å². The van der Waals surface area contributed by atoms with E-state index in [0.717, 1.165) is 17.3 Å². The normalized spacial score (nSPS) is 13.3. The maximum atomic E-state index is 6.01. The third kappa shape index (κ3) is 1.84. The van der Waals surface area contributed by atoms with Gasteiger partial charge in [0.2, 0.25) is 0 Å². The number of pyridine rings is 1. The zero-order valence-corrected chi connectivity index (χ0v) is 10.2. The van der Waals surface area contributed by atoms with Crippen molar-refractivity contribution < 1.29 is 0 Å². The lowest BCUT2D eigenvalue weighted by Gasteiger charge is -2.12. The van der Waals surface area contributed by atoms with Gasteiger partial charge < -0.3 is 4.57 Å². The van der Waals surface area contributed by atoms with Crippen molar-refractivity contribution in [2.75, 3.05) is 0 Å². The molecule has 0 fully saturated rings. The smallest absolute Gasteiger partial charge is 0.140 e. The molecule has 0 amide bonds. The van der Waals surface area contributed by atoms with Crippen molar-refractivity contribution in [2.24, 2.45) is 0 Å². The van der Waals surface area contributed by atoms with E-state index in [1.165, 1.54) is 0 Å². The first kappa shape index (κ1) is 10.8. The topological polar surface area (TPSA) is 17.8 Å². The van der Waals surface area contributed by atoms with Crippen LogP contribution in [0.3, 0.4) is 0 Å². The number of aromatic nitrogens is 2. The monoisotopic (exact) mass is 242 g/mol. The molecule has 0 saturated carbocycles. The minimum atomic E-state index is 0.441. The Morgan fingerprint density at radius 2 is 2.20 bits per heavy atom. The lowest BCUT2D eigenvalue weighted by molar-refractivity contribution is 0.548. The molecule has 0 bridgehead atoms. The third-order valence-corrected chi connectivity index (χ3v) is 3.19. The van der Waals surface area contributed by atoms with Crippen molar-refractivity contribution in [3.63, 3.8) is 0 Å². The van der Waals surface area contributed by atoms with E-state index in [1.54, 1.807) is 0 Å². The number of hydrogen-bond donors (Lipinski definition) is 0. The second-order valence-corrected chi connectivity index (χ2v) is 4.39. The minimum absolute atomic E-state index is 0.441. The van der Waals surface area contributed by atoms with Crippen LogP contribution in [0.2, 0.25) is 10.3 Å². The molecule has 2 rings (SSSR count). The average Bonchev–Trinajstić information content (AvgIpc) is 2.60. The van der Waals surface area contributed by atoms with Gasteiger partial charge in [-0.25, -0.2) is 4.98 Å². The molecule has 4 heteroatoms. The SMILES string of the molecule is CC[C@@H](C)n1ccc2c(Cl)nc(Cl)cc21. The van der Waals surface area contributed by atoms with Crippen LogP contribution in [-0.4, -0.2) is 9.55 Å².